The molecule has 4 heteroatoms. The molecule has 4 aliphatic carbocycles. The minimum Gasteiger partial charge on any atom is -0.462 e. The van der Waals surface area contributed by atoms with Crippen LogP contribution in [0.25, 0.3) is 0 Å². The molecule has 4 aliphatic rings. The summed E-state index contributed by atoms with van der Waals surface area (Å²) < 4.78 is 11.3. The molecule has 4 rings (SSSR count). The minimum atomic E-state index is -0.159. The van der Waals surface area contributed by atoms with Gasteiger partial charge in [0.2, 0.25) is 0 Å². The van der Waals surface area contributed by atoms with Crippen molar-refractivity contribution in [3.63, 3.8) is 0 Å². The van der Waals surface area contributed by atoms with E-state index < -0.39 is 0 Å². The lowest BCUT2D eigenvalue weighted by atomic mass is 9.48. The Morgan fingerprint density at radius 2 is 1.70 bits per heavy atom. The zero-order valence-corrected chi connectivity index (χ0v) is 17.3. The van der Waals surface area contributed by atoms with Gasteiger partial charge in [-0.05, 0) is 68.1 Å². The molecule has 0 bridgehead atoms. The van der Waals surface area contributed by atoms with E-state index in [1.807, 2.05) is 0 Å². The third kappa shape index (κ3) is 3.03. The van der Waals surface area contributed by atoms with Crippen LogP contribution in [0.3, 0.4) is 0 Å². The Labute approximate surface area is 163 Å². The summed E-state index contributed by atoms with van der Waals surface area (Å²) in [7, 11) is 0. The molecule has 0 N–H and O–H groups in total. The number of ether oxygens (including phenoxy) is 2. The first-order valence-electron chi connectivity index (χ1n) is 10.8. The van der Waals surface area contributed by atoms with Crippen LogP contribution in [-0.2, 0) is 19.1 Å². The lowest BCUT2D eigenvalue weighted by Gasteiger charge is -2.57. The molecule has 27 heavy (non-hydrogen) atoms. The van der Waals surface area contributed by atoms with Crippen molar-refractivity contribution in [1.29, 1.82) is 0 Å². The first-order valence-corrected chi connectivity index (χ1v) is 10.8. The van der Waals surface area contributed by atoms with E-state index in [-0.39, 0.29) is 35.0 Å². The van der Waals surface area contributed by atoms with Crippen LogP contribution in [0.4, 0.5) is 0 Å². The predicted molar refractivity (Wildman–Crippen MR) is 103 cm³/mol. The van der Waals surface area contributed by atoms with E-state index >= 15 is 0 Å². The zero-order chi connectivity index (χ0) is 19.4. The van der Waals surface area contributed by atoms with Gasteiger partial charge in [-0.3, -0.25) is 9.59 Å². The molecule has 0 spiro atoms. The van der Waals surface area contributed by atoms with E-state index in [4.69, 9.17) is 9.47 Å². The predicted octanol–water partition coefficient (Wildman–Crippen LogP) is 4.81. The van der Waals surface area contributed by atoms with E-state index in [9.17, 15) is 9.59 Å². The maximum atomic E-state index is 11.6. The highest BCUT2D eigenvalue weighted by molar-refractivity contribution is 5.66. The summed E-state index contributed by atoms with van der Waals surface area (Å²) in [6, 6.07) is 0. The van der Waals surface area contributed by atoms with Crippen molar-refractivity contribution in [3.8, 4) is 0 Å². The lowest BCUT2D eigenvalue weighted by Crippen LogP contribution is -2.51. The number of rotatable bonds is 2. The van der Waals surface area contributed by atoms with Gasteiger partial charge in [-0.15, -0.1) is 0 Å². The van der Waals surface area contributed by atoms with Crippen molar-refractivity contribution in [3.05, 3.63) is 11.6 Å². The van der Waals surface area contributed by atoms with Gasteiger partial charge in [0.25, 0.3) is 0 Å². The van der Waals surface area contributed by atoms with Crippen molar-refractivity contribution in [2.45, 2.75) is 91.3 Å². The van der Waals surface area contributed by atoms with Crippen LogP contribution >= 0.6 is 0 Å². The van der Waals surface area contributed by atoms with Gasteiger partial charge in [0.05, 0.1) is 0 Å². The Bertz CT molecular complexity index is 667. The van der Waals surface area contributed by atoms with Crippen LogP contribution < -0.4 is 0 Å². The average Bonchev–Trinajstić information content (AvgIpc) is 2.91. The highest BCUT2D eigenvalue weighted by atomic mass is 16.5. The molecule has 0 aromatic heterocycles. The fraction of sp³-hybridized carbons (Fsp3) is 0.826. The van der Waals surface area contributed by atoms with E-state index in [1.54, 1.807) is 6.92 Å². The van der Waals surface area contributed by atoms with Crippen LogP contribution in [-0.4, -0.2) is 24.1 Å². The van der Waals surface area contributed by atoms with Crippen molar-refractivity contribution < 1.29 is 19.1 Å². The summed E-state index contributed by atoms with van der Waals surface area (Å²) in [6.07, 6.45) is 11.4. The third-order valence-electron chi connectivity index (χ3n) is 8.61. The van der Waals surface area contributed by atoms with Crippen LogP contribution in [0.2, 0.25) is 0 Å². The lowest BCUT2D eigenvalue weighted by molar-refractivity contribution is -0.157. The second kappa shape index (κ2) is 6.63. The third-order valence-corrected chi connectivity index (χ3v) is 8.61. The summed E-state index contributed by atoms with van der Waals surface area (Å²) in [4.78, 5) is 22.9. The first kappa shape index (κ1) is 19.0. The molecule has 0 amide bonds. The van der Waals surface area contributed by atoms with E-state index in [1.165, 1.54) is 25.3 Å². The smallest absolute Gasteiger partial charge is 0.302 e. The van der Waals surface area contributed by atoms with E-state index in [0.29, 0.717) is 17.8 Å². The number of carbonyl (C=O) groups is 2. The van der Waals surface area contributed by atoms with Gasteiger partial charge in [0.1, 0.15) is 12.2 Å². The van der Waals surface area contributed by atoms with Crippen molar-refractivity contribution >= 4 is 11.9 Å². The van der Waals surface area contributed by atoms with Gasteiger partial charge in [0.15, 0.2) is 0 Å². The molecular formula is C23H34O4. The van der Waals surface area contributed by atoms with Gasteiger partial charge in [-0.25, -0.2) is 0 Å². The number of esters is 2. The fourth-order valence-corrected chi connectivity index (χ4v) is 7.31. The summed E-state index contributed by atoms with van der Waals surface area (Å²) in [6.45, 7) is 7.88. The quantitative estimate of drug-likeness (QED) is 0.514. The largest absolute Gasteiger partial charge is 0.462 e. The highest BCUT2D eigenvalue weighted by Crippen LogP contribution is 2.65. The van der Waals surface area contributed by atoms with Gasteiger partial charge in [-0.2, -0.15) is 0 Å². The van der Waals surface area contributed by atoms with Crippen LogP contribution in [0, 0.1) is 28.6 Å². The van der Waals surface area contributed by atoms with E-state index in [2.05, 4.69) is 19.9 Å². The maximum Gasteiger partial charge on any atom is 0.302 e. The minimum absolute atomic E-state index is 0.0621. The highest BCUT2D eigenvalue weighted by Gasteiger charge is 2.59. The number of carbonyl (C=O) groups excluding carboxylic acids is 2. The number of fused-ring (bicyclic) bond motifs is 5. The monoisotopic (exact) mass is 374 g/mol. The van der Waals surface area contributed by atoms with Gasteiger partial charge in [-0.1, -0.05) is 25.5 Å². The second-order valence-electron chi connectivity index (χ2n) is 9.95. The second-order valence-corrected chi connectivity index (χ2v) is 9.95. The summed E-state index contributed by atoms with van der Waals surface area (Å²) in [5.41, 5.74) is 1.92. The first-order chi connectivity index (χ1) is 12.7. The van der Waals surface area contributed by atoms with Gasteiger partial charge < -0.3 is 9.47 Å². The molecule has 150 valence electrons. The molecule has 0 aromatic rings. The fourth-order valence-electron chi connectivity index (χ4n) is 7.31. The van der Waals surface area contributed by atoms with Gasteiger partial charge in [0, 0.05) is 25.7 Å². The number of hydrogen-bond donors (Lipinski definition) is 0. The maximum absolute atomic E-state index is 11.6. The van der Waals surface area contributed by atoms with Crippen molar-refractivity contribution in [2.75, 3.05) is 0 Å². The van der Waals surface area contributed by atoms with Gasteiger partial charge >= 0.3 is 11.9 Å². The summed E-state index contributed by atoms with van der Waals surface area (Å²) >= 11 is 0. The number of allylic oxidation sites excluding steroid dienone is 1. The molecule has 3 saturated carbocycles. The normalized spacial score (nSPS) is 45.8. The molecule has 0 heterocycles. The van der Waals surface area contributed by atoms with Crippen LogP contribution in [0.5, 0.6) is 0 Å². The Balaban J connectivity index is 1.55. The summed E-state index contributed by atoms with van der Waals surface area (Å²) in [5, 5.41) is 0. The van der Waals surface area contributed by atoms with Crippen LogP contribution in [0.1, 0.15) is 79.1 Å². The van der Waals surface area contributed by atoms with E-state index in [0.717, 1.165) is 38.5 Å². The Morgan fingerprint density at radius 1 is 0.963 bits per heavy atom. The number of hydrogen-bond acceptors (Lipinski definition) is 4. The molecule has 7 atom stereocenters. The molecular weight excluding hydrogens is 340 g/mol. The average molecular weight is 375 g/mol. The molecule has 3 fully saturated rings. The molecule has 0 aromatic carbocycles. The Morgan fingerprint density at radius 3 is 2.41 bits per heavy atom. The molecule has 0 aliphatic heterocycles. The zero-order valence-electron chi connectivity index (χ0n) is 17.3. The Hall–Kier alpha value is -1.32. The van der Waals surface area contributed by atoms with Crippen LogP contribution in [0.15, 0.2) is 11.6 Å². The van der Waals surface area contributed by atoms with Crippen molar-refractivity contribution in [1.82, 2.24) is 0 Å². The van der Waals surface area contributed by atoms with Crippen molar-refractivity contribution in [2.24, 2.45) is 28.6 Å². The summed E-state index contributed by atoms with van der Waals surface area (Å²) in [5.74, 6) is 1.77. The molecule has 0 radical (unpaired) electrons. The standard InChI is InChI=1S/C23H34O4/c1-14(24)26-17-9-11-22(3)16(13-17)5-6-18-19-7-8-21(27-15(2)25)23(19,4)12-10-20(18)22/h5,17-21H,6-13H2,1-4H3/t17-,18+,19+,20+,21-,22+,23+/m1/s1. The molecule has 0 unspecified atom stereocenters. The molecule has 4 nitrogen and oxygen atoms in total. The molecule has 0 saturated heterocycles. The Kier molecular flexibility index (Phi) is 4.67. The topological polar surface area (TPSA) is 52.6 Å². The SMILES string of the molecule is CC(=O)O[C@@H]1CC[C@@]2(C)C(=CC[C@H]3[C@@H]4CC[C@@H](OC(C)=O)[C@@]4(C)CC[C@@H]32)C1.